The van der Waals surface area contributed by atoms with E-state index in [2.05, 4.69) is 16.6 Å². The summed E-state index contributed by atoms with van der Waals surface area (Å²) in [6, 6.07) is 10.9. The molecule has 1 aromatic carbocycles. The molecule has 2 rings (SSSR count). The number of methoxy groups -OCH3 is 1. The third-order valence-electron chi connectivity index (χ3n) is 3.97. The smallest absolute Gasteiger partial charge is 0.338 e. The van der Waals surface area contributed by atoms with Gasteiger partial charge in [0.25, 0.3) is 6.47 Å². The molecule has 0 atom stereocenters. The van der Waals surface area contributed by atoms with E-state index < -0.39 is 0 Å². The van der Waals surface area contributed by atoms with Crippen LogP contribution >= 0.6 is 0 Å². The lowest BCUT2D eigenvalue weighted by Crippen LogP contribution is -2.76. The summed E-state index contributed by atoms with van der Waals surface area (Å²) in [6.07, 6.45) is 5.61. The molecule has 2 aromatic rings. The van der Waals surface area contributed by atoms with E-state index in [4.69, 9.17) is 24.8 Å². The van der Waals surface area contributed by atoms with Gasteiger partial charge in [0.2, 0.25) is 0 Å². The number of hydrogen-bond donors (Lipinski definition) is 2. The lowest BCUT2D eigenvalue weighted by atomic mass is 10.1. The first-order chi connectivity index (χ1) is 17.4. The number of carbonyl (C=O) groups is 2. The van der Waals surface area contributed by atoms with E-state index in [1.807, 2.05) is 58.0 Å². The van der Waals surface area contributed by atoms with Gasteiger partial charge in [-0.15, -0.1) is 0 Å². The molecule has 0 fully saturated rings. The van der Waals surface area contributed by atoms with Gasteiger partial charge in [-0.05, 0) is 37.5 Å². The second kappa shape index (κ2) is 24.8. The standard InChI is InChI=1S/C12H16O3.C11H17N3O.C2H4O2.C2H6/c1-2-8-14-9-10-15-12(13)11-6-4-3-5-7-11;1-4-5-10(12)11-8(2)6-9(7-13-11)14-15-3;1-4-2-3;1-2/h3-7H,2,8-10H2,1H3;5-7,14H,4,12H2,1-3H3;2H,1H3;1-2H3/p+1/b;10-5-;;. The number of aryl methyl sites for hydroxylation is 1. The number of nitrogens with zero attached hydrogens (tertiary/aromatic N) is 1. The SMILES string of the molecule is CC.CC/C=C(\N)c1ncc([NH2+]OC)cc1C.CCCOCCOC(=O)c1ccccc1.COC=O. The molecule has 36 heavy (non-hydrogen) atoms. The molecule has 0 radical (unpaired) electrons. The topological polar surface area (TPSA) is 127 Å². The van der Waals surface area contributed by atoms with Gasteiger partial charge in [0.05, 0.1) is 44.0 Å². The highest BCUT2D eigenvalue weighted by atomic mass is 16.6. The van der Waals surface area contributed by atoms with E-state index in [0.717, 1.165) is 35.5 Å². The van der Waals surface area contributed by atoms with Crippen LogP contribution in [-0.4, -0.2) is 51.5 Å². The van der Waals surface area contributed by atoms with Crippen molar-refractivity contribution in [1.29, 1.82) is 0 Å². The normalized spacial score (nSPS) is 9.81. The number of hydrogen-bond acceptors (Lipinski definition) is 8. The third-order valence-corrected chi connectivity index (χ3v) is 3.97. The number of nitrogens with two attached hydrogens (primary N) is 2. The Morgan fingerprint density at radius 1 is 1.08 bits per heavy atom. The van der Waals surface area contributed by atoms with Crippen LogP contribution in [0.15, 0.2) is 48.7 Å². The number of pyridine rings is 1. The van der Waals surface area contributed by atoms with Gasteiger partial charge < -0.3 is 19.9 Å². The van der Waals surface area contributed by atoms with Crippen LogP contribution in [0.5, 0.6) is 0 Å². The zero-order valence-electron chi connectivity index (χ0n) is 22.8. The highest BCUT2D eigenvalue weighted by Crippen LogP contribution is 2.14. The maximum Gasteiger partial charge on any atom is 0.338 e. The second-order valence-electron chi connectivity index (χ2n) is 6.80. The number of ether oxygens (including phenoxy) is 3. The molecule has 0 bridgehead atoms. The minimum absolute atomic E-state index is 0.296. The van der Waals surface area contributed by atoms with Crippen LogP contribution in [-0.2, 0) is 23.8 Å². The average molecular weight is 507 g/mol. The molecule has 0 saturated heterocycles. The molecule has 0 aliphatic rings. The van der Waals surface area contributed by atoms with Gasteiger partial charge in [0, 0.05) is 12.7 Å². The molecule has 4 N–H and O–H groups in total. The lowest BCUT2D eigenvalue weighted by Gasteiger charge is -2.05. The first-order valence-electron chi connectivity index (χ1n) is 12.0. The van der Waals surface area contributed by atoms with Gasteiger partial charge in [-0.1, -0.05) is 52.0 Å². The molecule has 0 amide bonds. The van der Waals surface area contributed by atoms with Crippen LogP contribution in [0.1, 0.15) is 62.2 Å². The fourth-order valence-electron chi connectivity index (χ4n) is 2.51. The Labute approximate surface area is 215 Å². The predicted molar refractivity (Wildman–Crippen MR) is 142 cm³/mol. The lowest BCUT2D eigenvalue weighted by molar-refractivity contribution is -0.830. The molecule has 0 saturated carbocycles. The van der Waals surface area contributed by atoms with E-state index in [-0.39, 0.29) is 5.97 Å². The summed E-state index contributed by atoms with van der Waals surface area (Å²) in [6.45, 7) is 11.9. The summed E-state index contributed by atoms with van der Waals surface area (Å²) in [5.74, 6) is -0.296. The summed E-state index contributed by atoms with van der Waals surface area (Å²) >= 11 is 0. The third kappa shape index (κ3) is 17.2. The number of quaternary nitrogens is 1. The number of aromatic nitrogens is 1. The van der Waals surface area contributed by atoms with Crippen molar-refractivity contribution < 1.29 is 34.1 Å². The largest absolute Gasteiger partial charge is 0.471 e. The predicted octanol–water partition coefficient (Wildman–Crippen LogP) is 3.94. The molecule has 0 spiro atoms. The number of benzene rings is 1. The first kappa shape index (κ1) is 34.9. The van der Waals surface area contributed by atoms with Crippen molar-refractivity contribution in [3.63, 3.8) is 0 Å². The van der Waals surface area contributed by atoms with Gasteiger partial charge in [-0.25, -0.2) is 14.6 Å². The number of rotatable bonds is 11. The minimum Gasteiger partial charge on any atom is -0.471 e. The van der Waals surface area contributed by atoms with E-state index in [1.165, 1.54) is 7.11 Å². The molecule has 1 aromatic heterocycles. The second-order valence-corrected chi connectivity index (χ2v) is 6.80. The number of allylic oxidation sites excluding steroid dienone is 1. The van der Waals surface area contributed by atoms with E-state index >= 15 is 0 Å². The van der Waals surface area contributed by atoms with Gasteiger partial charge >= 0.3 is 5.97 Å². The fraction of sp³-hybridized carbons (Fsp3) is 0.444. The summed E-state index contributed by atoms with van der Waals surface area (Å²) in [5.41, 5.74) is 11.7. The Kier molecular flexibility index (Phi) is 24.1. The molecule has 0 unspecified atom stereocenters. The van der Waals surface area contributed by atoms with Crippen molar-refractivity contribution >= 4 is 23.8 Å². The van der Waals surface area contributed by atoms with Crippen LogP contribution in [0.3, 0.4) is 0 Å². The molecule has 0 aliphatic carbocycles. The zero-order chi connectivity index (χ0) is 27.6. The van der Waals surface area contributed by atoms with Crippen molar-refractivity contribution in [3.8, 4) is 0 Å². The Morgan fingerprint density at radius 3 is 2.22 bits per heavy atom. The molecule has 9 nitrogen and oxygen atoms in total. The van der Waals surface area contributed by atoms with Crippen molar-refractivity contribution in [2.75, 3.05) is 34.0 Å². The van der Waals surface area contributed by atoms with Crippen LogP contribution < -0.4 is 11.2 Å². The highest BCUT2D eigenvalue weighted by molar-refractivity contribution is 5.89. The first-order valence-corrected chi connectivity index (χ1v) is 12.0. The Balaban J connectivity index is 0. The minimum atomic E-state index is -0.296. The maximum atomic E-state index is 11.4. The quantitative estimate of drug-likeness (QED) is 0.203. The molecule has 1 heterocycles. The highest BCUT2D eigenvalue weighted by Gasteiger charge is 2.06. The van der Waals surface area contributed by atoms with Crippen LogP contribution in [0.4, 0.5) is 5.69 Å². The van der Waals surface area contributed by atoms with Crippen LogP contribution in [0.25, 0.3) is 5.70 Å². The Bertz CT molecular complexity index is 845. The molecule has 0 aliphatic heterocycles. The van der Waals surface area contributed by atoms with Crippen LogP contribution in [0, 0.1) is 6.92 Å². The Hall–Kier alpha value is -3.27. The van der Waals surface area contributed by atoms with Crippen molar-refractivity contribution in [3.05, 3.63) is 65.5 Å². The summed E-state index contributed by atoms with van der Waals surface area (Å²) in [5, 5.41) is 0. The average Bonchev–Trinajstić information content (AvgIpc) is 2.91. The molecular weight excluding hydrogens is 462 g/mol. The van der Waals surface area contributed by atoms with Crippen LogP contribution in [0.2, 0.25) is 0 Å². The van der Waals surface area contributed by atoms with E-state index in [9.17, 15) is 4.79 Å². The molecule has 202 valence electrons. The number of carbonyl (C=O) groups excluding carboxylic acids is 2. The summed E-state index contributed by atoms with van der Waals surface area (Å²) in [4.78, 5) is 29.6. The summed E-state index contributed by atoms with van der Waals surface area (Å²) in [7, 11) is 2.93. The fourth-order valence-corrected chi connectivity index (χ4v) is 2.51. The molecule has 9 heteroatoms. The van der Waals surface area contributed by atoms with Gasteiger partial charge in [0.1, 0.15) is 6.61 Å². The van der Waals surface area contributed by atoms with Crippen molar-refractivity contribution in [2.45, 2.75) is 47.5 Å². The van der Waals surface area contributed by atoms with Gasteiger partial charge in [0.15, 0.2) is 5.69 Å². The van der Waals surface area contributed by atoms with Crippen molar-refractivity contribution in [1.82, 2.24) is 4.98 Å². The molecular formula is C27H44N3O6+. The Morgan fingerprint density at radius 2 is 1.72 bits per heavy atom. The van der Waals surface area contributed by atoms with Gasteiger partial charge in [-0.3, -0.25) is 4.79 Å². The van der Waals surface area contributed by atoms with Crippen molar-refractivity contribution in [2.24, 2.45) is 5.73 Å². The summed E-state index contributed by atoms with van der Waals surface area (Å²) < 4.78 is 14.1. The van der Waals surface area contributed by atoms with Gasteiger partial charge in [-0.2, -0.15) is 5.48 Å². The maximum absolute atomic E-state index is 11.4. The zero-order valence-corrected chi connectivity index (χ0v) is 22.8. The monoisotopic (exact) mass is 506 g/mol. The number of esters is 1. The van der Waals surface area contributed by atoms with E-state index in [1.54, 1.807) is 30.9 Å². The van der Waals surface area contributed by atoms with E-state index in [0.29, 0.717) is 31.9 Å².